The van der Waals surface area contributed by atoms with Crippen molar-refractivity contribution in [3.8, 4) is 5.75 Å². The predicted octanol–water partition coefficient (Wildman–Crippen LogP) is -0.462. The molecule has 5 atom stereocenters. The van der Waals surface area contributed by atoms with E-state index in [1.807, 2.05) is 0 Å². The Morgan fingerprint density at radius 1 is 1.22 bits per heavy atom. The number of nitrogens with zero attached hydrogens (tertiary/aromatic N) is 1. The molecular formula is C25H37N5O6. The summed E-state index contributed by atoms with van der Waals surface area (Å²) in [5.41, 5.74) is 0.209. The standard InChI is InChI=1S/C25H37N5O6/c1-4-30-11-7-8-17(30)13-26-24(34)19-12-21(32)29-22(16(3)31)25(35)27-15(2)14-36-20-10-6-5-9-18(20)23(33)28-19/h5-6,9-10,15-17,19,22,31H,4,7-8,11-14H2,1-3H3,(H,26,34)(H,27,35)(H,28,33)(H,29,32)/t15-,16-,17+,19+,22+/m1/s1. The number of likely N-dealkylation sites (N-methyl/N-ethyl adjacent to an activating group) is 1. The summed E-state index contributed by atoms with van der Waals surface area (Å²) in [4.78, 5) is 54.1. The minimum absolute atomic E-state index is 0.0513. The van der Waals surface area contributed by atoms with Crippen LogP contribution in [0.25, 0.3) is 0 Å². The summed E-state index contributed by atoms with van der Waals surface area (Å²) in [6, 6.07) is 3.87. The normalized spacial score (nSPS) is 26.9. The fraction of sp³-hybridized carbons (Fsp3) is 0.600. The summed E-state index contributed by atoms with van der Waals surface area (Å²) in [7, 11) is 0. The summed E-state index contributed by atoms with van der Waals surface area (Å²) >= 11 is 0. The van der Waals surface area contributed by atoms with E-state index in [0.717, 1.165) is 25.9 Å². The molecule has 36 heavy (non-hydrogen) atoms. The number of amides is 4. The molecule has 2 aliphatic heterocycles. The average molecular weight is 504 g/mol. The van der Waals surface area contributed by atoms with Crippen molar-refractivity contribution < 1.29 is 29.0 Å². The highest BCUT2D eigenvalue weighted by molar-refractivity contribution is 6.01. The van der Waals surface area contributed by atoms with Gasteiger partial charge in [-0.1, -0.05) is 19.1 Å². The largest absolute Gasteiger partial charge is 0.491 e. The maximum absolute atomic E-state index is 13.1. The lowest BCUT2D eigenvalue weighted by molar-refractivity contribution is -0.133. The van der Waals surface area contributed by atoms with Gasteiger partial charge in [-0.05, 0) is 51.9 Å². The number of carbonyl (C=O) groups is 4. The molecule has 3 rings (SSSR count). The number of carbonyl (C=O) groups excluding carboxylic acids is 4. The van der Waals surface area contributed by atoms with E-state index in [2.05, 4.69) is 33.1 Å². The number of rotatable bonds is 5. The first-order valence-electron chi connectivity index (χ1n) is 12.5. The first kappa shape index (κ1) is 27.4. The van der Waals surface area contributed by atoms with Crippen LogP contribution < -0.4 is 26.0 Å². The maximum Gasteiger partial charge on any atom is 0.255 e. The molecule has 1 saturated heterocycles. The number of aliphatic hydroxyl groups is 1. The zero-order valence-corrected chi connectivity index (χ0v) is 21.1. The Hall–Kier alpha value is -3.18. The van der Waals surface area contributed by atoms with Gasteiger partial charge in [0.2, 0.25) is 17.7 Å². The third-order valence-electron chi connectivity index (χ3n) is 6.52. The first-order valence-corrected chi connectivity index (χ1v) is 12.5. The quantitative estimate of drug-likeness (QED) is 0.365. The number of para-hydroxylation sites is 1. The van der Waals surface area contributed by atoms with E-state index in [4.69, 9.17) is 4.74 Å². The number of benzene rings is 1. The van der Waals surface area contributed by atoms with Gasteiger partial charge >= 0.3 is 0 Å². The highest BCUT2D eigenvalue weighted by atomic mass is 16.5. The molecule has 0 radical (unpaired) electrons. The predicted molar refractivity (Wildman–Crippen MR) is 132 cm³/mol. The zero-order valence-electron chi connectivity index (χ0n) is 21.1. The molecule has 0 saturated carbocycles. The molecule has 2 aliphatic rings. The molecular weight excluding hydrogens is 466 g/mol. The molecule has 11 heteroatoms. The summed E-state index contributed by atoms with van der Waals surface area (Å²) < 4.78 is 5.78. The fourth-order valence-electron chi connectivity index (χ4n) is 4.52. The van der Waals surface area contributed by atoms with Crippen LogP contribution in [-0.2, 0) is 14.4 Å². The van der Waals surface area contributed by atoms with Gasteiger partial charge in [0.15, 0.2) is 0 Å². The lowest BCUT2D eigenvalue weighted by Crippen LogP contribution is -2.57. The molecule has 1 aromatic carbocycles. The van der Waals surface area contributed by atoms with Crippen molar-refractivity contribution in [1.82, 2.24) is 26.2 Å². The first-order chi connectivity index (χ1) is 17.2. The number of nitrogens with one attached hydrogen (secondary N) is 4. The van der Waals surface area contributed by atoms with Crippen LogP contribution in [0, 0.1) is 0 Å². The van der Waals surface area contributed by atoms with E-state index in [1.54, 1.807) is 31.2 Å². The molecule has 0 unspecified atom stereocenters. The van der Waals surface area contributed by atoms with E-state index >= 15 is 0 Å². The molecule has 0 aromatic heterocycles. The van der Waals surface area contributed by atoms with E-state index in [0.29, 0.717) is 6.54 Å². The lowest BCUT2D eigenvalue weighted by atomic mass is 10.1. The van der Waals surface area contributed by atoms with Gasteiger partial charge in [0, 0.05) is 12.6 Å². The molecule has 0 bridgehead atoms. The summed E-state index contributed by atoms with van der Waals surface area (Å²) in [6.07, 6.45) is 0.421. The van der Waals surface area contributed by atoms with Crippen LogP contribution in [0.5, 0.6) is 5.75 Å². The third kappa shape index (κ3) is 7.17. The highest BCUT2D eigenvalue weighted by Gasteiger charge is 2.32. The number of aliphatic hydroxyl groups excluding tert-OH is 1. The van der Waals surface area contributed by atoms with Crippen LogP contribution in [0.4, 0.5) is 0 Å². The topological polar surface area (TPSA) is 149 Å². The van der Waals surface area contributed by atoms with Gasteiger partial charge in [-0.25, -0.2) is 0 Å². The minimum atomic E-state index is -1.23. The molecule has 1 fully saturated rings. The Kier molecular flexibility index (Phi) is 9.65. The summed E-state index contributed by atoms with van der Waals surface area (Å²) in [6.45, 7) is 7.46. The molecule has 4 amide bonds. The number of hydrogen-bond donors (Lipinski definition) is 5. The highest BCUT2D eigenvalue weighted by Crippen LogP contribution is 2.19. The maximum atomic E-state index is 13.1. The van der Waals surface area contributed by atoms with Crippen LogP contribution in [0.15, 0.2) is 24.3 Å². The van der Waals surface area contributed by atoms with Crippen molar-refractivity contribution in [2.24, 2.45) is 0 Å². The Balaban J connectivity index is 1.83. The fourth-order valence-corrected chi connectivity index (χ4v) is 4.52. The molecule has 5 N–H and O–H groups in total. The van der Waals surface area contributed by atoms with E-state index in [9.17, 15) is 24.3 Å². The van der Waals surface area contributed by atoms with Crippen molar-refractivity contribution in [2.45, 2.75) is 70.3 Å². The Labute approximate surface area is 211 Å². The van der Waals surface area contributed by atoms with Gasteiger partial charge in [0.25, 0.3) is 5.91 Å². The Morgan fingerprint density at radius 3 is 2.69 bits per heavy atom. The number of fused-ring (bicyclic) bond motifs is 1. The molecule has 11 nitrogen and oxygen atoms in total. The number of likely N-dealkylation sites (tertiary alicyclic amines) is 1. The SMILES string of the molecule is CCN1CCC[C@H]1CNC(=O)[C@@H]1CC(=O)N[C@@H]([C@@H](C)O)C(=O)N[C@H](C)COc2ccccc2C(=O)N1. The molecule has 0 spiro atoms. The monoisotopic (exact) mass is 503 g/mol. The van der Waals surface area contributed by atoms with Crippen molar-refractivity contribution in [3.63, 3.8) is 0 Å². The third-order valence-corrected chi connectivity index (χ3v) is 6.52. The van der Waals surface area contributed by atoms with Crippen molar-refractivity contribution in [1.29, 1.82) is 0 Å². The van der Waals surface area contributed by atoms with Crippen LogP contribution in [0.2, 0.25) is 0 Å². The molecule has 0 aliphatic carbocycles. The van der Waals surface area contributed by atoms with E-state index in [1.165, 1.54) is 6.92 Å². The smallest absolute Gasteiger partial charge is 0.255 e. The Morgan fingerprint density at radius 2 is 1.97 bits per heavy atom. The zero-order chi connectivity index (χ0) is 26.2. The summed E-state index contributed by atoms with van der Waals surface area (Å²) in [5.74, 6) is -2.00. The van der Waals surface area contributed by atoms with Crippen molar-refractivity contribution in [3.05, 3.63) is 29.8 Å². The minimum Gasteiger partial charge on any atom is -0.491 e. The van der Waals surface area contributed by atoms with Gasteiger partial charge in [-0.15, -0.1) is 0 Å². The van der Waals surface area contributed by atoms with Gasteiger partial charge in [-0.2, -0.15) is 0 Å². The number of hydrogen-bond acceptors (Lipinski definition) is 7. The second-order valence-corrected chi connectivity index (χ2v) is 9.40. The van der Waals surface area contributed by atoms with Crippen LogP contribution in [-0.4, -0.2) is 90.1 Å². The Bertz CT molecular complexity index is 955. The number of ether oxygens (including phenoxy) is 1. The molecule has 1 aromatic rings. The van der Waals surface area contributed by atoms with Crippen molar-refractivity contribution >= 4 is 23.6 Å². The van der Waals surface area contributed by atoms with E-state index < -0.39 is 54.3 Å². The van der Waals surface area contributed by atoms with Crippen molar-refractivity contribution in [2.75, 3.05) is 26.2 Å². The van der Waals surface area contributed by atoms with Crippen LogP contribution in [0.3, 0.4) is 0 Å². The summed E-state index contributed by atoms with van der Waals surface area (Å²) in [5, 5.41) is 20.8. The van der Waals surface area contributed by atoms with Crippen LogP contribution >= 0.6 is 0 Å². The van der Waals surface area contributed by atoms with Gasteiger partial charge in [0.1, 0.15) is 24.4 Å². The molecule has 198 valence electrons. The lowest BCUT2D eigenvalue weighted by Gasteiger charge is -2.27. The van der Waals surface area contributed by atoms with Gasteiger partial charge < -0.3 is 31.1 Å². The average Bonchev–Trinajstić information content (AvgIpc) is 3.31. The van der Waals surface area contributed by atoms with Gasteiger partial charge in [0.05, 0.1) is 24.1 Å². The van der Waals surface area contributed by atoms with E-state index in [-0.39, 0.29) is 24.0 Å². The second-order valence-electron chi connectivity index (χ2n) is 9.40. The second kappa shape index (κ2) is 12.7. The molecule has 2 heterocycles. The van der Waals surface area contributed by atoms with Gasteiger partial charge in [-0.3, -0.25) is 24.1 Å². The van der Waals surface area contributed by atoms with Crippen LogP contribution in [0.1, 0.15) is 50.4 Å².